The molecule has 34 heavy (non-hydrogen) atoms. The van der Waals surface area contributed by atoms with E-state index in [1.165, 1.54) is 25.1 Å². The van der Waals surface area contributed by atoms with Gasteiger partial charge in [0.05, 0.1) is 15.6 Å². The number of alkyl halides is 5. The SMILES string of the molecule is C.Cc1cccc(C(F)(F)F)c1F.Cc1cccc(Cl)c1Cl.Cc1cccc2c1OC(F)(F)O2. The van der Waals surface area contributed by atoms with Crippen molar-refractivity contribution >= 4 is 23.2 Å². The van der Waals surface area contributed by atoms with Gasteiger partial charge in [-0.1, -0.05) is 67.0 Å². The Morgan fingerprint density at radius 2 is 1.29 bits per heavy atom. The Morgan fingerprint density at radius 3 is 1.79 bits per heavy atom. The zero-order valence-electron chi connectivity index (χ0n) is 17.5. The smallest absolute Gasteiger partial charge is 0.395 e. The number of ether oxygens (including phenoxy) is 2. The highest BCUT2D eigenvalue weighted by Crippen LogP contribution is 2.42. The van der Waals surface area contributed by atoms with Crippen LogP contribution in [0.1, 0.15) is 29.7 Å². The first kappa shape index (κ1) is 29.5. The van der Waals surface area contributed by atoms with E-state index in [1.54, 1.807) is 25.1 Å². The summed E-state index contributed by atoms with van der Waals surface area (Å²) in [5.41, 5.74) is 0.459. The van der Waals surface area contributed by atoms with E-state index in [-0.39, 0.29) is 24.5 Å². The van der Waals surface area contributed by atoms with Crippen molar-refractivity contribution in [3.63, 3.8) is 0 Å². The lowest BCUT2D eigenvalue weighted by Gasteiger charge is -2.08. The minimum Gasteiger partial charge on any atom is -0.395 e. The van der Waals surface area contributed by atoms with Crippen molar-refractivity contribution < 1.29 is 35.8 Å². The molecule has 1 aliphatic heterocycles. The van der Waals surface area contributed by atoms with Gasteiger partial charge in [-0.05, 0) is 55.7 Å². The molecule has 0 atom stereocenters. The molecule has 0 amide bonds. The maximum absolute atomic E-state index is 12.8. The van der Waals surface area contributed by atoms with Crippen molar-refractivity contribution in [1.29, 1.82) is 0 Å². The Balaban J connectivity index is 0.000000254. The van der Waals surface area contributed by atoms with Gasteiger partial charge in [0.15, 0.2) is 11.5 Å². The summed E-state index contributed by atoms with van der Waals surface area (Å²) < 4.78 is 82.2. The molecule has 0 saturated heterocycles. The topological polar surface area (TPSA) is 18.5 Å². The third kappa shape index (κ3) is 7.74. The van der Waals surface area contributed by atoms with Crippen LogP contribution in [0, 0.1) is 26.6 Å². The predicted octanol–water partition coefficient (Wildman–Crippen LogP) is 9.41. The van der Waals surface area contributed by atoms with Crippen LogP contribution in [-0.2, 0) is 6.18 Å². The standard InChI is InChI=1S/C8H6F4.C8H6F2O2.C7H6Cl2.CH4/c1-5-3-2-4-6(7(5)9)8(10,11)12;1-5-3-2-4-6-7(5)12-8(9,10)11-6;1-5-3-2-4-6(8)7(5)9;/h2*2-4H,1H3;2-4H,1H3;1H4. The molecule has 0 N–H and O–H groups in total. The molecule has 2 nitrogen and oxygen atoms in total. The Kier molecular flexibility index (Phi) is 10.1. The summed E-state index contributed by atoms with van der Waals surface area (Å²) in [6, 6.07) is 13.6. The second kappa shape index (κ2) is 11.7. The summed E-state index contributed by atoms with van der Waals surface area (Å²) in [5.74, 6) is -0.965. The number of fused-ring (bicyclic) bond motifs is 1. The van der Waals surface area contributed by atoms with E-state index in [0.29, 0.717) is 15.6 Å². The molecule has 0 radical (unpaired) electrons. The van der Waals surface area contributed by atoms with E-state index in [0.717, 1.165) is 11.6 Å². The summed E-state index contributed by atoms with van der Waals surface area (Å²) in [6.45, 7) is 4.91. The molecule has 3 aromatic carbocycles. The van der Waals surface area contributed by atoms with Gasteiger partial charge in [-0.2, -0.15) is 13.2 Å². The first-order chi connectivity index (χ1) is 15.2. The fourth-order valence-corrected chi connectivity index (χ4v) is 2.93. The van der Waals surface area contributed by atoms with Gasteiger partial charge in [-0.15, -0.1) is 8.78 Å². The van der Waals surface area contributed by atoms with Crippen LogP contribution in [0.25, 0.3) is 0 Å². The maximum atomic E-state index is 12.8. The Morgan fingerprint density at radius 1 is 0.765 bits per heavy atom. The summed E-state index contributed by atoms with van der Waals surface area (Å²) in [6.07, 6.45) is -8.11. The van der Waals surface area contributed by atoms with Crippen LogP contribution >= 0.6 is 23.2 Å². The van der Waals surface area contributed by atoms with Crippen LogP contribution in [0.4, 0.5) is 26.3 Å². The number of hydrogen-bond acceptors (Lipinski definition) is 2. The lowest BCUT2D eigenvalue weighted by atomic mass is 10.1. The van der Waals surface area contributed by atoms with E-state index < -0.39 is 23.9 Å². The molecule has 0 unspecified atom stereocenters. The molecule has 0 bridgehead atoms. The van der Waals surface area contributed by atoms with Gasteiger partial charge in [0.1, 0.15) is 5.82 Å². The number of rotatable bonds is 0. The minimum atomic E-state index is -4.60. The van der Waals surface area contributed by atoms with Crippen LogP contribution in [-0.4, -0.2) is 6.29 Å². The normalized spacial score (nSPS) is 13.0. The van der Waals surface area contributed by atoms with E-state index in [1.807, 2.05) is 19.1 Å². The second-order valence-electron chi connectivity index (χ2n) is 6.87. The Labute approximate surface area is 204 Å². The number of benzene rings is 3. The van der Waals surface area contributed by atoms with Crippen molar-refractivity contribution in [2.45, 2.75) is 40.7 Å². The van der Waals surface area contributed by atoms with Gasteiger partial charge in [0, 0.05) is 0 Å². The van der Waals surface area contributed by atoms with Gasteiger partial charge >= 0.3 is 12.5 Å². The first-order valence-electron chi connectivity index (χ1n) is 9.31. The quantitative estimate of drug-likeness (QED) is 0.271. The highest BCUT2D eigenvalue weighted by Gasteiger charge is 2.43. The molecule has 4 rings (SSSR count). The lowest BCUT2D eigenvalue weighted by molar-refractivity contribution is -0.286. The van der Waals surface area contributed by atoms with Crippen molar-refractivity contribution in [1.82, 2.24) is 0 Å². The molecule has 0 aliphatic carbocycles. The summed E-state index contributed by atoms with van der Waals surface area (Å²) in [5, 5.41) is 1.27. The zero-order valence-corrected chi connectivity index (χ0v) is 19.0. The first-order valence-corrected chi connectivity index (χ1v) is 10.1. The van der Waals surface area contributed by atoms with Crippen molar-refractivity contribution in [2.24, 2.45) is 0 Å². The largest absolute Gasteiger partial charge is 0.586 e. The molecule has 0 spiro atoms. The lowest BCUT2D eigenvalue weighted by Crippen LogP contribution is -2.26. The van der Waals surface area contributed by atoms with E-state index >= 15 is 0 Å². The minimum absolute atomic E-state index is 0. The Hall–Kier alpha value is -2.58. The number of aryl methyl sites for hydroxylation is 3. The molecular formula is C24H22Cl2F6O2. The number of hydrogen-bond donors (Lipinski definition) is 0. The van der Waals surface area contributed by atoms with Crippen LogP contribution in [0.3, 0.4) is 0 Å². The number of halogens is 8. The summed E-state index contributed by atoms with van der Waals surface area (Å²) in [4.78, 5) is 0. The number of para-hydroxylation sites is 1. The fraction of sp³-hybridized carbons (Fsp3) is 0.250. The van der Waals surface area contributed by atoms with Crippen LogP contribution in [0.15, 0.2) is 54.6 Å². The zero-order chi connectivity index (χ0) is 25.0. The third-order valence-corrected chi connectivity index (χ3v) is 5.18. The molecule has 186 valence electrons. The molecule has 10 heteroatoms. The summed E-state index contributed by atoms with van der Waals surface area (Å²) >= 11 is 11.4. The predicted molar refractivity (Wildman–Crippen MR) is 121 cm³/mol. The molecular weight excluding hydrogens is 505 g/mol. The molecule has 1 aliphatic rings. The van der Waals surface area contributed by atoms with E-state index in [2.05, 4.69) is 9.47 Å². The monoisotopic (exact) mass is 526 g/mol. The molecule has 0 saturated carbocycles. The van der Waals surface area contributed by atoms with Crippen LogP contribution in [0.5, 0.6) is 11.5 Å². The van der Waals surface area contributed by atoms with Crippen molar-refractivity contribution in [2.75, 3.05) is 0 Å². The molecule has 0 aromatic heterocycles. The Bertz CT molecular complexity index is 1100. The molecule has 1 heterocycles. The van der Waals surface area contributed by atoms with Crippen molar-refractivity contribution in [3.8, 4) is 11.5 Å². The highest BCUT2D eigenvalue weighted by atomic mass is 35.5. The van der Waals surface area contributed by atoms with Crippen molar-refractivity contribution in [3.05, 3.63) is 92.7 Å². The van der Waals surface area contributed by atoms with Crippen LogP contribution < -0.4 is 9.47 Å². The highest BCUT2D eigenvalue weighted by molar-refractivity contribution is 6.42. The van der Waals surface area contributed by atoms with Gasteiger partial charge < -0.3 is 9.47 Å². The second-order valence-corrected chi connectivity index (χ2v) is 7.66. The average Bonchev–Trinajstić information content (AvgIpc) is 3.04. The van der Waals surface area contributed by atoms with Crippen LogP contribution in [0.2, 0.25) is 10.0 Å². The van der Waals surface area contributed by atoms with Gasteiger partial charge in [-0.3, -0.25) is 0 Å². The van der Waals surface area contributed by atoms with E-state index in [9.17, 15) is 26.3 Å². The van der Waals surface area contributed by atoms with Gasteiger partial charge in [-0.25, -0.2) is 4.39 Å². The molecule has 0 fully saturated rings. The van der Waals surface area contributed by atoms with E-state index in [4.69, 9.17) is 23.2 Å². The summed E-state index contributed by atoms with van der Waals surface area (Å²) in [7, 11) is 0. The third-order valence-electron chi connectivity index (χ3n) is 4.27. The molecule has 3 aromatic rings. The van der Waals surface area contributed by atoms with Gasteiger partial charge in [0.25, 0.3) is 0 Å². The maximum Gasteiger partial charge on any atom is 0.586 e. The van der Waals surface area contributed by atoms with Gasteiger partial charge in [0.2, 0.25) is 0 Å². The fourth-order valence-electron chi connectivity index (χ4n) is 2.58. The average molecular weight is 527 g/mol.